The van der Waals surface area contributed by atoms with E-state index in [1.165, 1.54) is 37.4 Å². The van der Waals surface area contributed by atoms with E-state index in [0.717, 1.165) is 18.2 Å². The maximum atomic E-state index is 13.0. The van der Waals surface area contributed by atoms with Gasteiger partial charge in [-0.3, -0.25) is 9.59 Å². The molecule has 0 aliphatic heterocycles. The number of alkyl halides is 3. The van der Waals surface area contributed by atoms with Gasteiger partial charge >= 0.3 is 6.18 Å². The van der Waals surface area contributed by atoms with Gasteiger partial charge in [0.25, 0.3) is 0 Å². The lowest BCUT2D eigenvalue weighted by Crippen LogP contribution is -2.17. The topological polar surface area (TPSA) is 84.2 Å². The van der Waals surface area contributed by atoms with Crippen LogP contribution in [0, 0.1) is 5.82 Å². The molecule has 1 aromatic heterocycles. The Hall–Kier alpha value is -3.69. The third-order valence-electron chi connectivity index (χ3n) is 4.18. The van der Waals surface area contributed by atoms with Crippen LogP contribution in [0.3, 0.4) is 0 Å². The number of nitrogens with zero attached hydrogens (tertiary/aromatic N) is 1. The maximum absolute atomic E-state index is 13.0. The molecule has 2 aromatic carbocycles. The molecule has 6 nitrogen and oxygen atoms in total. The van der Waals surface area contributed by atoms with Crippen LogP contribution in [0.5, 0.6) is 0 Å². The van der Waals surface area contributed by atoms with Crippen LogP contribution in [-0.4, -0.2) is 16.8 Å². The first-order valence-corrected chi connectivity index (χ1v) is 9.11. The second-order valence-corrected chi connectivity index (χ2v) is 6.61. The fourth-order valence-corrected chi connectivity index (χ4v) is 2.73. The normalized spacial score (nSPS) is 11.3. The lowest BCUT2D eigenvalue weighted by molar-refractivity contribution is -0.137. The first kappa shape index (κ1) is 22.0. The second-order valence-electron chi connectivity index (χ2n) is 6.61. The summed E-state index contributed by atoms with van der Waals surface area (Å²) in [5, 5.41) is 4.76. The van der Waals surface area contributed by atoms with Crippen molar-refractivity contribution in [2.75, 3.05) is 10.6 Å². The number of rotatable bonds is 6. The van der Waals surface area contributed by atoms with Crippen LogP contribution >= 0.6 is 0 Å². The molecule has 0 bridgehead atoms. The van der Waals surface area contributed by atoms with Crippen molar-refractivity contribution in [1.82, 2.24) is 4.98 Å². The van der Waals surface area contributed by atoms with Crippen molar-refractivity contribution in [1.29, 1.82) is 0 Å². The molecule has 2 N–H and O–H groups in total. The molecule has 10 heteroatoms. The summed E-state index contributed by atoms with van der Waals surface area (Å²) in [5.41, 5.74) is -0.486. The number of amides is 2. The van der Waals surface area contributed by atoms with Crippen LogP contribution < -0.4 is 10.6 Å². The lowest BCUT2D eigenvalue weighted by atomic mass is 10.1. The Balaban J connectivity index is 1.68. The molecule has 0 radical (unpaired) electrons. The van der Waals surface area contributed by atoms with Gasteiger partial charge in [-0.2, -0.15) is 13.2 Å². The fourth-order valence-electron chi connectivity index (χ4n) is 2.73. The molecule has 0 spiro atoms. The zero-order valence-electron chi connectivity index (χ0n) is 16.2. The molecule has 3 aromatic rings. The molecular formula is C21H17F4N3O3. The van der Waals surface area contributed by atoms with E-state index < -0.39 is 29.4 Å². The van der Waals surface area contributed by atoms with Crippen LogP contribution in [0.15, 0.2) is 53.1 Å². The molecule has 0 fully saturated rings. The van der Waals surface area contributed by atoms with E-state index in [1.807, 2.05) is 0 Å². The van der Waals surface area contributed by atoms with Crippen LogP contribution in [0.2, 0.25) is 0 Å². The average Bonchev–Trinajstić information content (AvgIpc) is 3.16. The van der Waals surface area contributed by atoms with Gasteiger partial charge in [-0.25, -0.2) is 9.37 Å². The largest absolute Gasteiger partial charge is 0.441 e. The highest BCUT2D eigenvalue weighted by atomic mass is 19.4. The van der Waals surface area contributed by atoms with Gasteiger partial charge in [0.15, 0.2) is 11.7 Å². The number of nitrogens with one attached hydrogen (secondary N) is 2. The average molecular weight is 435 g/mol. The summed E-state index contributed by atoms with van der Waals surface area (Å²) in [5.74, 6) is -0.856. The third-order valence-corrected chi connectivity index (χ3v) is 4.18. The fraction of sp³-hybridized carbons (Fsp3) is 0.190. The summed E-state index contributed by atoms with van der Waals surface area (Å²) in [6.45, 7) is 1.20. The van der Waals surface area contributed by atoms with Crippen molar-refractivity contribution in [3.63, 3.8) is 0 Å². The Labute approximate surface area is 174 Å². The number of aryl methyl sites for hydroxylation is 1. The Bertz CT molecular complexity index is 1090. The molecule has 162 valence electrons. The molecule has 1 heterocycles. The quantitative estimate of drug-likeness (QED) is 0.532. The standard InChI is InChI=1S/C21H17F4N3O3/c1-12(29)27-16-7-4-14(21(23,24)25)10-17(16)28-19(30)8-9-20-26-11-18(31-20)13-2-5-15(22)6-3-13/h2-7,10-11H,8-9H2,1H3,(H,27,29)(H,28,30). The summed E-state index contributed by atoms with van der Waals surface area (Å²) in [6.07, 6.45) is -3.22. The molecule has 0 atom stereocenters. The smallest absolute Gasteiger partial charge is 0.416 e. The predicted molar refractivity (Wildman–Crippen MR) is 105 cm³/mol. The van der Waals surface area contributed by atoms with Crippen molar-refractivity contribution < 1.29 is 31.6 Å². The van der Waals surface area contributed by atoms with Gasteiger partial charge in [-0.1, -0.05) is 0 Å². The number of oxazole rings is 1. The number of carbonyl (C=O) groups is 2. The van der Waals surface area contributed by atoms with E-state index in [-0.39, 0.29) is 30.1 Å². The summed E-state index contributed by atoms with van der Waals surface area (Å²) in [7, 11) is 0. The Morgan fingerprint density at radius 2 is 1.74 bits per heavy atom. The summed E-state index contributed by atoms with van der Waals surface area (Å²) >= 11 is 0. The molecule has 0 unspecified atom stereocenters. The van der Waals surface area contributed by atoms with E-state index in [9.17, 15) is 27.2 Å². The summed E-state index contributed by atoms with van der Waals surface area (Å²) < 4.78 is 57.5. The van der Waals surface area contributed by atoms with Gasteiger partial charge in [0.05, 0.1) is 23.1 Å². The van der Waals surface area contributed by atoms with Gasteiger partial charge in [0.2, 0.25) is 11.8 Å². The first-order valence-electron chi connectivity index (χ1n) is 9.11. The summed E-state index contributed by atoms with van der Waals surface area (Å²) in [4.78, 5) is 27.6. The van der Waals surface area contributed by atoms with E-state index >= 15 is 0 Å². The van der Waals surface area contributed by atoms with E-state index in [0.29, 0.717) is 11.3 Å². The Kier molecular flexibility index (Phi) is 6.38. The number of hydrogen-bond donors (Lipinski definition) is 2. The second kappa shape index (κ2) is 8.99. The molecule has 0 aliphatic carbocycles. The van der Waals surface area contributed by atoms with Crippen LogP contribution in [0.25, 0.3) is 11.3 Å². The summed E-state index contributed by atoms with van der Waals surface area (Å²) in [6, 6.07) is 8.21. The van der Waals surface area contributed by atoms with E-state index in [2.05, 4.69) is 15.6 Å². The van der Waals surface area contributed by atoms with Gasteiger partial charge in [0, 0.05) is 25.3 Å². The minimum Gasteiger partial charge on any atom is -0.441 e. The maximum Gasteiger partial charge on any atom is 0.416 e. The minimum atomic E-state index is -4.61. The lowest BCUT2D eigenvalue weighted by Gasteiger charge is -2.14. The first-order chi connectivity index (χ1) is 14.6. The number of hydrogen-bond acceptors (Lipinski definition) is 4. The van der Waals surface area contributed by atoms with Crippen LogP contribution in [-0.2, 0) is 22.2 Å². The van der Waals surface area contributed by atoms with Gasteiger partial charge in [0.1, 0.15) is 5.82 Å². The molecule has 0 saturated heterocycles. The number of benzene rings is 2. The predicted octanol–water partition coefficient (Wildman–Crippen LogP) is 5.03. The third kappa shape index (κ3) is 5.91. The zero-order valence-corrected chi connectivity index (χ0v) is 16.2. The van der Waals surface area contributed by atoms with Gasteiger partial charge in [-0.05, 0) is 42.5 Å². The van der Waals surface area contributed by atoms with Crippen molar-refractivity contribution >= 4 is 23.2 Å². The zero-order chi connectivity index (χ0) is 22.6. The van der Waals surface area contributed by atoms with Gasteiger partial charge in [-0.15, -0.1) is 0 Å². The number of halogens is 4. The number of aromatic nitrogens is 1. The van der Waals surface area contributed by atoms with Crippen molar-refractivity contribution in [3.05, 3.63) is 65.9 Å². The number of carbonyl (C=O) groups excluding carboxylic acids is 2. The highest BCUT2D eigenvalue weighted by Gasteiger charge is 2.31. The molecule has 0 aliphatic rings. The minimum absolute atomic E-state index is 0.0450. The van der Waals surface area contributed by atoms with Crippen molar-refractivity contribution in [3.8, 4) is 11.3 Å². The monoisotopic (exact) mass is 435 g/mol. The van der Waals surface area contributed by atoms with E-state index in [1.54, 1.807) is 0 Å². The highest BCUT2D eigenvalue weighted by Crippen LogP contribution is 2.34. The van der Waals surface area contributed by atoms with Crippen molar-refractivity contribution in [2.45, 2.75) is 25.9 Å². The molecule has 31 heavy (non-hydrogen) atoms. The highest BCUT2D eigenvalue weighted by molar-refractivity contribution is 5.99. The molecule has 2 amide bonds. The molecule has 3 rings (SSSR count). The Morgan fingerprint density at radius 1 is 1.03 bits per heavy atom. The van der Waals surface area contributed by atoms with Crippen LogP contribution in [0.1, 0.15) is 24.8 Å². The Morgan fingerprint density at radius 3 is 2.39 bits per heavy atom. The van der Waals surface area contributed by atoms with Crippen molar-refractivity contribution in [2.24, 2.45) is 0 Å². The molecular weight excluding hydrogens is 418 g/mol. The van der Waals surface area contributed by atoms with Gasteiger partial charge < -0.3 is 15.1 Å². The van der Waals surface area contributed by atoms with Crippen LogP contribution in [0.4, 0.5) is 28.9 Å². The molecule has 0 saturated carbocycles. The van der Waals surface area contributed by atoms with E-state index in [4.69, 9.17) is 4.42 Å². The SMILES string of the molecule is CC(=O)Nc1ccc(C(F)(F)F)cc1NC(=O)CCc1ncc(-c2ccc(F)cc2)o1. The number of anilines is 2.